The van der Waals surface area contributed by atoms with Crippen molar-refractivity contribution in [3.05, 3.63) is 29.8 Å². The van der Waals surface area contributed by atoms with E-state index in [-0.39, 0.29) is 7.12 Å². The standard InChI is InChI=1S/C20H31BO2/c1-3-4-5-17-14-22-21(23-15-17)20-12-10-19(11-13-20)18-8-6-16(2)7-9-18/h10-13,16-18H,3-9,14-15H2,1-2H3. The van der Waals surface area contributed by atoms with Crippen LogP contribution in [-0.4, -0.2) is 20.3 Å². The first kappa shape index (κ1) is 17.0. The van der Waals surface area contributed by atoms with E-state index in [2.05, 4.69) is 38.1 Å². The van der Waals surface area contributed by atoms with E-state index in [9.17, 15) is 0 Å². The summed E-state index contributed by atoms with van der Waals surface area (Å²) in [5.74, 6) is 2.25. The molecule has 1 aliphatic carbocycles. The Kier molecular flexibility index (Phi) is 6.18. The van der Waals surface area contributed by atoms with E-state index in [0.29, 0.717) is 5.92 Å². The summed E-state index contributed by atoms with van der Waals surface area (Å²) >= 11 is 0. The van der Waals surface area contributed by atoms with Gasteiger partial charge < -0.3 is 9.31 Å². The van der Waals surface area contributed by atoms with Gasteiger partial charge in [-0.15, -0.1) is 0 Å². The largest absolute Gasteiger partial charge is 0.493 e. The van der Waals surface area contributed by atoms with Gasteiger partial charge >= 0.3 is 7.12 Å². The molecule has 0 amide bonds. The zero-order valence-corrected chi connectivity index (χ0v) is 14.8. The molecular formula is C20H31BO2. The number of unbranched alkanes of at least 4 members (excludes halogenated alkanes) is 1. The first-order chi connectivity index (χ1) is 11.3. The third-order valence-electron chi connectivity index (χ3n) is 5.63. The van der Waals surface area contributed by atoms with E-state index < -0.39 is 0 Å². The van der Waals surface area contributed by atoms with Gasteiger partial charge in [-0.3, -0.25) is 0 Å². The van der Waals surface area contributed by atoms with Crippen LogP contribution >= 0.6 is 0 Å². The number of hydrogen-bond acceptors (Lipinski definition) is 2. The zero-order valence-electron chi connectivity index (χ0n) is 14.8. The highest BCUT2D eigenvalue weighted by Gasteiger charge is 2.29. The molecule has 0 atom stereocenters. The smallest absolute Gasteiger partial charge is 0.407 e. The molecule has 2 nitrogen and oxygen atoms in total. The molecule has 1 saturated carbocycles. The number of benzene rings is 1. The lowest BCUT2D eigenvalue weighted by molar-refractivity contribution is 0.0813. The first-order valence-corrected chi connectivity index (χ1v) is 9.59. The highest BCUT2D eigenvalue weighted by atomic mass is 16.6. The van der Waals surface area contributed by atoms with E-state index in [1.54, 1.807) is 0 Å². The van der Waals surface area contributed by atoms with Crippen molar-refractivity contribution in [3.8, 4) is 0 Å². The Morgan fingerprint density at radius 3 is 2.26 bits per heavy atom. The summed E-state index contributed by atoms with van der Waals surface area (Å²) in [4.78, 5) is 0. The van der Waals surface area contributed by atoms with Gasteiger partial charge in [0, 0.05) is 19.1 Å². The maximum Gasteiger partial charge on any atom is 0.493 e. The molecule has 1 aromatic rings. The van der Waals surface area contributed by atoms with Gasteiger partial charge in [0.15, 0.2) is 0 Å². The second kappa shape index (κ2) is 8.35. The molecule has 0 spiro atoms. The Hall–Kier alpha value is -0.795. The summed E-state index contributed by atoms with van der Waals surface area (Å²) in [7, 11) is -0.159. The Labute approximate surface area is 142 Å². The van der Waals surface area contributed by atoms with Gasteiger partial charge in [0.2, 0.25) is 0 Å². The minimum Gasteiger partial charge on any atom is -0.407 e. The van der Waals surface area contributed by atoms with Crippen molar-refractivity contribution in [1.29, 1.82) is 0 Å². The van der Waals surface area contributed by atoms with Crippen LogP contribution in [0.1, 0.15) is 70.3 Å². The fourth-order valence-corrected chi connectivity index (χ4v) is 3.91. The lowest BCUT2D eigenvalue weighted by Gasteiger charge is -2.28. The molecule has 126 valence electrons. The Bertz CT molecular complexity index is 457. The van der Waals surface area contributed by atoms with Crippen LogP contribution in [-0.2, 0) is 9.31 Å². The minimum atomic E-state index is -0.159. The lowest BCUT2D eigenvalue weighted by atomic mass is 9.75. The van der Waals surface area contributed by atoms with Crippen LogP contribution in [0.15, 0.2) is 24.3 Å². The van der Waals surface area contributed by atoms with Crippen LogP contribution in [0.2, 0.25) is 0 Å². The first-order valence-electron chi connectivity index (χ1n) is 9.59. The maximum absolute atomic E-state index is 5.95. The van der Waals surface area contributed by atoms with E-state index in [0.717, 1.165) is 25.0 Å². The van der Waals surface area contributed by atoms with Crippen molar-refractivity contribution < 1.29 is 9.31 Å². The summed E-state index contributed by atoms with van der Waals surface area (Å²) in [5.41, 5.74) is 2.67. The van der Waals surface area contributed by atoms with Gasteiger partial charge in [-0.2, -0.15) is 0 Å². The number of rotatable bonds is 5. The molecule has 2 fully saturated rings. The third kappa shape index (κ3) is 4.61. The highest BCUT2D eigenvalue weighted by molar-refractivity contribution is 6.61. The zero-order chi connectivity index (χ0) is 16.1. The van der Waals surface area contributed by atoms with Crippen molar-refractivity contribution in [1.82, 2.24) is 0 Å². The molecule has 0 aromatic heterocycles. The Morgan fingerprint density at radius 2 is 1.65 bits per heavy atom. The monoisotopic (exact) mass is 314 g/mol. The fourth-order valence-electron chi connectivity index (χ4n) is 3.91. The predicted molar refractivity (Wildman–Crippen MR) is 97.1 cm³/mol. The van der Waals surface area contributed by atoms with Crippen LogP contribution in [0, 0.1) is 11.8 Å². The van der Waals surface area contributed by atoms with Crippen molar-refractivity contribution >= 4 is 12.6 Å². The SMILES string of the molecule is CCCCC1COB(c2ccc(C3CCC(C)CC3)cc2)OC1. The molecule has 0 radical (unpaired) electrons. The molecule has 2 aliphatic rings. The van der Waals surface area contributed by atoms with Gasteiger partial charge in [0.05, 0.1) is 0 Å². The Balaban J connectivity index is 1.52. The Morgan fingerprint density at radius 1 is 1.00 bits per heavy atom. The average molecular weight is 314 g/mol. The van der Waals surface area contributed by atoms with E-state index in [4.69, 9.17) is 9.31 Å². The quantitative estimate of drug-likeness (QED) is 0.744. The maximum atomic E-state index is 5.95. The molecule has 0 unspecified atom stereocenters. The third-order valence-corrected chi connectivity index (χ3v) is 5.63. The molecule has 3 rings (SSSR count). The van der Waals surface area contributed by atoms with Crippen molar-refractivity contribution in [2.45, 2.75) is 64.7 Å². The van der Waals surface area contributed by atoms with Gasteiger partial charge in [-0.1, -0.05) is 63.8 Å². The molecule has 1 aliphatic heterocycles. The van der Waals surface area contributed by atoms with Gasteiger partial charge in [0.1, 0.15) is 0 Å². The molecule has 23 heavy (non-hydrogen) atoms. The molecule has 1 saturated heterocycles. The topological polar surface area (TPSA) is 18.5 Å². The summed E-state index contributed by atoms with van der Waals surface area (Å²) in [5, 5.41) is 0. The van der Waals surface area contributed by atoms with Crippen molar-refractivity contribution in [2.75, 3.05) is 13.2 Å². The van der Waals surface area contributed by atoms with Crippen LogP contribution in [0.25, 0.3) is 0 Å². The average Bonchev–Trinajstić information content (AvgIpc) is 2.61. The second-order valence-electron chi connectivity index (χ2n) is 7.63. The molecule has 1 aromatic carbocycles. The van der Waals surface area contributed by atoms with Crippen molar-refractivity contribution in [3.63, 3.8) is 0 Å². The summed E-state index contributed by atoms with van der Waals surface area (Å²) in [6, 6.07) is 9.02. The molecule has 1 heterocycles. The van der Waals surface area contributed by atoms with Gasteiger partial charge in [0.25, 0.3) is 0 Å². The summed E-state index contributed by atoms with van der Waals surface area (Å²) in [6.45, 7) is 6.30. The van der Waals surface area contributed by atoms with Gasteiger partial charge in [-0.05, 0) is 42.1 Å². The van der Waals surface area contributed by atoms with E-state index in [1.165, 1.54) is 56.0 Å². The van der Waals surface area contributed by atoms with Gasteiger partial charge in [-0.25, -0.2) is 0 Å². The predicted octanol–water partition coefficient (Wildman–Crippen LogP) is 4.53. The molecule has 0 N–H and O–H groups in total. The number of hydrogen-bond donors (Lipinski definition) is 0. The van der Waals surface area contributed by atoms with Crippen LogP contribution in [0.5, 0.6) is 0 Å². The van der Waals surface area contributed by atoms with E-state index >= 15 is 0 Å². The summed E-state index contributed by atoms with van der Waals surface area (Å²) in [6.07, 6.45) is 9.19. The van der Waals surface area contributed by atoms with E-state index in [1.807, 2.05) is 0 Å². The lowest BCUT2D eigenvalue weighted by Crippen LogP contribution is -2.44. The minimum absolute atomic E-state index is 0.159. The van der Waals surface area contributed by atoms with Crippen LogP contribution < -0.4 is 5.46 Å². The fraction of sp³-hybridized carbons (Fsp3) is 0.700. The highest BCUT2D eigenvalue weighted by Crippen LogP contribution is 2.35. The van der Waals surface area contributed by atoms with Crippen LogP contribution in [0.4, 0.5) is 0 Å². The normalized spacial score (nSPS) is 26.4. The van der Waals surface area contributed by atoms with Crippen molar-refractivity contribution in [2.24, 2.45) is 11.8 Å². The molecule has 3 heteroatoms. The summed E-state index contributed by atoms with van der Waals surface area (Å²) < 4.78 is 11.9. The molecular weight excluding hydrogens is 283 g/mol. The van der Waals surface area contributed by atoms with Crippen LogP contribution in [0.3, 0.4) is 0 Å². The molecule has 0 bridgehead atoms. The second-order valence-corrected chi connectivity index (χ2v) is 7.63.